The van der Waals surface area contributed by atoms with Crippen LogP contribution in [0.3, 0.4) is 0 Å². The first-order chi connectivity index (χ1) is 11.5. The molecule has 1 aliphatic rings. The molecule has 1 aromatic heterocycles. The molecule has 0 atom stereocenters. The van der Waals surface area contributed by atoms with Crippen LogP contribution >= 0.6 is 11.6 Å². The SMILES string of the molecule is CN(C)c1ccc(N2CCN(Cc3c(F)cccc3Cl)CC2)nn1. The fourth-order valence-corrected chi connectivity index (χ4v) is 2.99. The van der Waals surface area contributed by atoms with Crippen molar-refractivity contribution in [2.24, 2.45) is 0 Å². The molecule has 0 unspecified atom stereocenters. The monoisotopic (exact) mass is 349 g/mol. The van der Waals surface area contributed by atoms with Crippen molar-refractivity contribution in [3.8, 4) is 0 Å². The number of benzene rings is 1. The van der Waals surface area contributed by atoms with Gasteiger partial charge in [0.15, 0.2) is 11.6 Å². The van der Waals surface area contributed by atoms with Crippen molar-refractivity contribution >= 4 is 23.2 Å². The molecular formula is C17H21ClFN5. The molecule has 5 nitrogen and oxygen atoms in total. The lowest BCUT2D eigenvalue weighted by molar-refractivity contribution is 0.246. The Kier molecular flexibility index (Phi) is 5.16. The van der Waals surface area contributed by atoms with Gasteiger partial charge in [0.05, 0.1) is 0 Å². The van der Waals surface area contributed by atoms with Crippen molar-refractivity contribution in [3.05, 3.63) is 46.7 Å². The number of aromatic nitrogens is 2. The highest BCUT2D eigenvalue weighted by Crippen LogP contribution is 2.22. The van der Waals surface area contributed by atoms with Crippen LogP contribution in [0.4, 0.5) is 16.0 Å². The van der Waals surface area contributed by atoms with E-state index in [9.17, 15) is 4.39 Å². The number of anilines is 2. The van der Waals surface area contributed by atoms with E-state index in [4.69, 9.17) is 11.6 Å². The third-order valence-electron chi connectivity index (χ3n) is 4.23. The predicted octanol–water partition coefficient (Wildman–Crippen LogP) is 2.66. The summed E-state index contributed by atoms with van der Waals surface area (Å²) >= 11 is 6.11. The number of hydrogen-bond donors (Lipinski definition) is 0. The zero-order valence-corrected chi connectivity index (χ0v) is 14.7. The quantitative estimate of drug-likeness (QED) is 0.848. The van der Waals surface area contributed by atoms with Crippen LogP contribution in [0.2, 0.25) is 5.02 Å². The van der Waals surface area contributed by atoms with E-state index >= 15 is 0 Å². The van der Waals surface area contributed by atoms with Gasteiger partial charge in [-0.05, 0) is 24.3 Å². The average molecular weight is 350 g/mol. The summed E-state index contributed by atoms with van der Waals surface area (Å²) in [7, 11) is 3.88. The first-order valence-electron chi connectivity index (χ1n) is 7.96. The van der Waals surface area contributed by atoms with Gasteiger partial charge >= 0.3 is 0 Å². The van der Waals surface area contributed by atoms with E-state index in [1.165, 1.54) is 6.07 Å². The Morgan fingerprint density at radius 2 is 1.83 bits per heavy atom. The van der Waals surface area contributed by atoms with Crippen LogP contribution in [0.25, 0.3) is 0 Å². The molecular weight excluding hydrogens is 329 g/mol. The van der Waals surface area contributed by atoms with Gasteiger partial charge in [0, 0.05) is 57.4 Å². The second-order valence-electron chi connectivity index (χ2n) is 6.11. The van der Waals surface area contributed by atoms with E-state index in [0.29, 0.717) is 17.1 Å². The molecule has 1 aliphatic heterocycles. The Labute approximate surface area is 146 Å². The lowest BCUT2D eigenvalue weighted by Gasteiger charge is -2.35. The highest BCUT2D eigenvalue weighted by atomic mass is 35.5. The standard InChI is InChI=1S/C17H21ClFN5/c1-22(2)16-6-7-17(21-20-16)24-10-8-23(9-11-24)12-13-14(18)4-3-5-15(13)19/h3-7H,8-12H2,1-2H3. The van der Waals surface area contributed by atoms with Crippen LogP contribution in [0.1, 0.15) is 5.56 Å². The summed E-state index contributed by atoms with van der Waals surface area (Å²) in [5.74, 6) is 1.48. The third kappa shape index (κ3) is 3.76. The van der Waals surface area contributed by atoms with Crippen LogP contribution in [-0.2, 0) is 6.54 Å². The fraction of sp³-hybridized carbons (Fsp3) is 0.412. The van der Waals surface area contributed by atoms with Gasteiger partial charge in [-0.1, -0.05) is 17.7 Å². The fourth-order valence-electron chi connectivity index (χ4n) is 2.77. The van der Waals surface area contributed by atoms with E-state index in [2.05, 4.69) is 20.0 Å². The number of rotatable bonds is 4. The highest BCUT2D eigenvalue weighted by Gasteiger charge is 2.20. The molecule has 0 radical (unpaired) electrons. The Morgan fingerprint density at radius 3 is 2.42 bits per heavy atom. The molecule has 7 heteroatoms. The molecule has 1 saturated heterocycles. The molecule has 0 spiro atoms. The Hall–Kier alpha value is -1.92. The van der Waals surface area contributed by atoms with Crippen molar-refractivity contribution < 1.29 is 4.39 Å². The first kappa shape index (κ1) is 16.9. The molecule has 0 N–H and O–H groups in total. The summed E-state index contributed by atoms with van der Waals surface area (Å²) in [6.07, 6.45) is 0. The average Bonchev–Trinajstić information content (AvgIpc) is 2.59. The van der Waals surface area contributed by atoms with Crippen molar-refractivity contribution in [2.75, 3.05) is 50.1 Å². The smallest absolute Gasteiger partial charge is 0.151 e. The second kappa shape index (κ2) is 7.32. The van der Waals surface area contributed by atoms with Crippen molar-refractivity contribution in [1.82, 2.24) is 15.1 Å². The summed E-state index contributed by atoms with van der Waals surface area (Å²) in [6, 6.07) is 8.78. The lowest BCUT2D eigenvalue weighted by Crippen LogP contribution is -2.46. The van der Waals surface area contributed by atoms with Crippen LogP contribution in [0.15, 0.2) is 30.3 Å². The Morgan fingerprint density at radius 1 is 1.08 bits per heavy atom. The first-order valence-corrected chi connectivity index (χ1v) is 8.33. The molecule has 2 heterocycles. The summed E-state index contributed by atoms with van der Waals surface area (Å²) in [5.41, 5.74) is 0.572. The minimum absolute atomic E-state index is 0.241. The maximum atomic E-state index is 13.9. The Bertz CT molecular complexity index is 664. The van der Waals surface area contributed by atoms with E-state index in [-0.39, 0.29) is 5.82 Å². The van der Waals surface area contributed by atoms with E-state index < -0.39 is 0 Å². The van der Waals surface area contributed by atoms with Gasteiger partial charge in [-0.2, -0.15) is 0 Å². The minimum Gasteiger partial charge on any atom is -0.361 e. The number of nitrogens with zero attached hydrogens (tertiary/aromatic N) is 5. The molecule has 0 amide bonds. The van der Waals surface area contributed by atoms with Crippen LogP contribution < -0.4 is 9.80 Å². The number of hydrogen-bond acceptors (Lipinski definition) is 5. The largest absolute Gasteiger partial charge is 0.361 e. The van der Waals surface area contributed by atoms with Gasteiger partial charge in [0.2, 0.25) is 0 Å². The van der Waals surface area contributed by atoms with Crippen LogP contribution in [0.5, 0.6) is 0 Å². The summed E-state index contributed by atoms with van der Waals surface area (Å²) < 4.78 is 13.9. The second-order valence-corrected chi connectivity index (χ2v) is 6.51. The van der Waals surface area contributed by atoms with Crippen molar-refractivity contribution in [1.29, 1.82) is 0 Å². The maximum absolute atomic E-state index is 13.9. The third-order valence-corrected chi connectivity index (χ3v) is 4.59. The molecule has 0 aliphatic carbocycles. The molecule has 3 rings (SSSR count). The van der Waals surface area contributed by atoms with Gasteiger partial charge in [-0.15, -0.1) is 10.2 Å². The molecule has 0 saturated carbocycles. The predicted molar refractivity (Wildman–Crippen MR) is 95.3 cm³/mol. The normalized spacial score (nSPS) is 15.6. The molecule has 2 aromatic rings. The van der Waals surface area contributed by atoms with Gasteiger partial charge < -0.3 is 9.80 Å². The number of halogens is 2. The number of piperazine rings is 1. The summed E-state index contributed by atoms with van der Waals surface area (Å²) in [5, 5.41) is 9.00. The zero-order valence-electron chi connectivity index (χ0n) is 13.9. The summed E-state index contributed by atoms with van der Waals surface area (Å²) in [4.78, 5) is 6.33. The molecule has 0 bridgehead atoms. The van der Waals surface area contributed by atoms with E-state index in [1.54, 1.807) is 12.1 Å². The highest BCUT2D eigenvalue weighted by molar-refractivity contribution is 6.31. The van der Waals surface area contributed by atoms with Gasteiger partial charge in [-0.3, -0.25) is 4.90 Å². The topological polar surface area (TPSA) is 35.5 Å². The van der Waals surface area contributed by atoms with Crippen molar-refractivity contribution in [3.63, 3.8) is 0 Å². The van der Waals surface area contributed by atoms with Crippen molar-refractivity contribution in [2.45, 2.75) is 6.54 Å². The Balaban J connectivity index is 1.59. The maximum Gasteiger partial charge on any atom is 0.151 e. The summed E-state index contributed by atoms with van der Waals surface area (Å²) in [6.45, 7) is 3.87. The van der Waals surface area contributed by atoms with E-state index in [0.717, 1.165) is 37.8 Å². The molecule has 128 valence electrons. The molecule has 24 heavy (non-hydrogen) atoms. The van der Waals surface area contributed by atoms with Crippen LogP contribution in [-0.4, -0.2) is 55.4 Å². The van der Waals surface area contributed by atoms with Gasteiger partial charge in [0.1, 0.15) is 5.82 Å². The lowest BCUT2D eigenvalue weighted by atomic mass is 10.2. The molecule has 1 fully saturated rings. The zero-order chi connectivity index (χ0) is 17.1. The van der Waals surface area contributed by atoms with Gasteiger partial charge in [0.25, 0.3) is 0 Å². The van der Waals surface area contributed by atoms with Crippen LogP contribution in [0, 0.1) is 5.82 Å². The van der Waals surface area contributed by atoms with Gasteiger partial charge in [-0.25, -0.2) is 4.39 Å². The molecule has 1 aromatic carbocycles. The minimum atomic E-state index is -0.241. The van der Waals surface area contributed by atoms with E-state index in [1.807, 2.05) is 31.1 Å².